The number of fused-ring (bicyclic) bond motifs is 1. The van der Waals surface area contributed by atoms with Gasteiger partial charge in [0.1, 0.15) is 36.3 Å². The van der Waals surface area contributed by atoms with Crippen LogP contribution in [0.15, 0.2) is 34.3 Å². The van der Waals surface area contributed by atoms with Crippen LogP contribution in [0.4, 0.5) is 0 Å². The fourth-order valence-corrected chi connectivity index (χ4v) is 9.53. The minimum absolute atomic E-state index is 0.0744. The van der Waals surface area contributed by atoms with Gasteiger partial charge >= 0.3 is 0 Å². The third-order valence-corrected chi connectivity index (χ3v) is 12.7. The molecule has 1 saturated carbocycles. The number of aliphatic imine (C=N–C) groups is 2. The van der Waals surface area contributed by atoms with Gasteiger partial charge in [0, 0.05) is 37.2 Å². The van der Waals surface area contributed by atoms with Crippen molar-refractivity contribution in [1.82, 2.24) is 31.5 Å². The van der Waals surface area contributed by atoms with Crippen molar-refractivity contribution in [2.45, 2.75) is 132 Å². The first-order chi connectivity index (χ1) is 29.5. The molecule has 20 nitrogen and oxygen atoms in total. The minimum Gasteiger partial charge on any atom is -0.370 e. The number of nitrogens with zero attached hydrogens (tertiary/aromatic N) is 3. The lowest BCUT2D eigenvalue weighted by atomic mass is 9.84. The summed E-state index contributed by atoms with van der Waals surface area (Å²) in [7, 11) is 0. The van der Waals surface area contributed by atoms with Crippen molar-refractivity contribution >= 4 is 76.6 Å². The van der Waals surface area contributed by atoms with Crippen molar-refractivity contribution in [2.24, 2.45) is 44.6 Å². The summed E-state index contributed by atoms with van der Waals surface area (Å²) in [5, 5.41) is 14.0. The summed E-state index contributed by atoms with van der Waals surface area (Å²) in [5.74, 6) is -3.87. The van der Waals surface area contributed by atoms with E-state index in [2.05, 4.69) is 36.6 Å². The predicted molar refractivity (Wildman–Crippen MR) is 237 cm³/mol. The lowest BCUT2D eigenvalue weighted by molar-refractivity contribution is -0.146. The number of amides is 7. The Bertz CT molecular complexity index is 1810. The molecular weight excluding hydrogens is 842 g/mol. The summed E-state index contributed by atoms with van der Waals surface area (Å²) in [5.41, 5.74) is 28.2. The van der Waals surface area contributed by atoms with E-state index in [1.807, 2.05) is 0 Å². The van der Waals surface area contributed by atoms with Gasteiger partial charge in [-0.1, -0.05) is 55.8 Å². The van der Waals surface area contributed by atoms with Crippen molar-refractivity contribution in [3.05, 3.63) is 34.9 Å². The molecule has 1 aromatic rings. The molecule has 4 rings (SSSR count). The molecule has 7 unspecified atom stereocenters. The second-order valence-electron chi connectivity index (χ2n) is 16.0. The van der Waals surface area contributed by atoms with E-state index in [9.17, 15) is 33.6 Å². The Hall–Kier alpha value is -5.31. The zero-order valence-corrected chi connectivity index (χ0v) is 36.7. The molecule has 2 aliphatic heterocycles. The molecule has 0 radical (unpaired) electrons. The highest BCUT2D eigenvalue weighted by Crippen LogP contribution is 2.37. The molecule has 1 aromatic carbocycles. The number of halogens is 1. The van der Waals surface area contributed by atoms with Gasteiger partial charge in [0.25, 0.3) is 0 Å². The van der Waals surface area contributed by atoms with Crippen molar-refractivity contribution in [2.75, 3.05) is 18.8 Å². The maximum absolute atomic E-state index is 14.2. The number of benzene rings is 1. The van der Waals surface area contributed by atoms with Crippen molar-refractivity contribution in [1.29, 1.82) is 0 Å². The number of nitrogens with one attached hydrogen (secondary N) is 5. The number of carbonyl (C=O) groups is 7. The van der Waals surface area contributed by atoms with Gasteiger partial charge in [0.15, 0.2) is 11.9 Å². The highest BCUT2D eigenvalue weighted by atomic mass is 35.5. The topological polar surface area (TPSA) is 338 Å². The summed E-state index contributed by atoms with van der Waals surface area (Å²) in [4.78, 5) is 104. The summed E-state index contributed by atoms with van der Waals surface area (Å²) < 4.78 is 0. The Morgan fingerprint density at radius 2 is 1.34 bits per heavy atom. The van der Waals surface area contributed by atoms with Crippen LogP contribution in [0, 0.1) is 5.92 Å². The molecule has 3 fully saturated rings. The van der Waals surface area contributed by atoms with E-state index < -0.39 is 77.6 Å². The summed E-state index contributed by atoms with van der Waals surface area (Å²) in [6.45, 7) is 1.70. The van der Waals surface area contributed by atoms with E-state index in [0.29, 0.717) is 36.3 Å². The van der Waals surface area contributed by atoms with Crippen molar-refractivity contribution in [3.63, 3.8) is 0 Å². The normalized spacial score (nSPS) is 20.6. The first-order valence-electron chi connectivity index (χ1n) is 21.1. The number of rotatable bonds is 22. The van der Waals surface area contributed by atoms with Gasteiger partial charge in [-0.3, -0.25) is 43.5 Å². The zero-order chi connectivity index (χ0) is 45.3. The Labute approximate surface area is 370 Å². The maximum Gasteiger partial charge on any atom is 0.246 e. The average molecular weight is 905 g/mol. The standard InChI is InChI=1S/C40H62ClN13O7S/c1-22(55)49-26(9-5-17-47-39(43)44)34(57)53-30(20-23-7-3-2-4-8-23)36(59)51-28-15-16-32-54(38(28)61)31(21-62-32)37(60)50-27(10-6-18-48-40(45)46)35(58)52-29(33(42)56)19-24-11-13-25(41)14-12-24/h11-14,23,26-32H,2-10,15-21H2,1H3,(H2,42,56)(H,49,55)(H,50,60)(H,51,59)(H,52,58)(H,53,57)(H4,43,44,47)(H4,45,46,48). The van der Waals surface area contributed by atoms with E-state index >= 15 is 0 Å². The van der Waals surface area contributed by atoms with Crippen LogP contribution in [0.2, 0.25) is 5.02 Å². The SMILES string of the molecule is CC(=O)NC(CCCN=C(N)N)C(=O)NC(CC1CCCCC1)C(=O)NC1CCC2SCC(C(=O)NC(CCCN=C(N)N)C(=O)NC(Cc3ccc(Cl)cc3)C(N)=O)N2C1=O. The van der Waals surface area contributed by atoms with Gasteiger partial charge in [0.05, 0.1) is 5.37 Å². The van der Waals surface area contributed by atoms with E-state index in [4.69, 9.17) is 40.3 Å². The number of nitrogens with two attached hydrogens (primary N) is 5. The molecule has 1 aliphatic carbocycles. The van der Waals surface area contributed by atoms with Crippen LogP contribution in [0.5, 0.6) is 0 Å². The third-order valence-electron chi connectivity index (χ3n) is 11.1. The summed E-state index contributed by atoms with van der Waals surface area (Å²) in [6, 6.07) is 0.505. The zero-order valence-electron chi connectivity index (χ0n) is 35.1. The van der Waals surface area contributed by atoms with Crippen LogP contribution in [-0.4, -0.2) is 119 Å². The van der Waals surface area contributed by atoms with E-state index in [1.54, 1.807) is 24.3 Å². The highest BCUT2D eigenvalue weighted by molar-refractivity contribution is 8.00. The number of hydrogen-bond acceptors (Lipinski definition) is 10. The molecule has 7 amide bonds. The molecular formula is C40H62ClN13O7S. The highest BCUT2D eigenvalue weighted by Gasteiger charge is 2.48. The number of primary amides is 1. The lowest BCUT2D eigenvalue weighted by Crippen LogP contribution is -2.62. The molecule has 2 saturated heterocycles. The van der Waals surface area contributed by atoms with Gasteiger partial charge < -0.3 is 60.2 Å². The number of guanidine groups is 2. The Kier molecular flexibility index (Phi) is 19.4. The molecule has 3 aliphatic rings. The molecule has 342 valence electrons. The van der Waals surface area contributed by atoms with E-state index in [0.717, 1.165) is 32.1 Å². The number of thioether (sulfide) groups is 1. The Morgan fingerprint density at radius 1 is 0.758 bits per heavy atom. The van der Waals surface area contributed by atoms with E-state index in [-0.39, 0.29) is 67.7 Å². The van der Waals surface area contributed by atoms with Crippen LogP contribution >= 0.6 is 23.4 Å². The molecule has 15 N–H and O–H groups in total. The Balaban J connectivity index is 1.47. The quantitative estimate of drug-likeness (QED) is 0.0379. The fraction of sp³-hybridized carbons (Fsp3) is 0.625. The van der Waals surface area contributed by atoms with Crippen LogP contribution < -0.4 is 55.3 Å². The van der Waals surface area contributed by atoms with Gasteiger partial charge in [0.2, 0.25) is 41.4 Å². The molecule has 22 heteroatoms. The smallest absolute Gasteiger partial charge is 0.246 e. The van der Waals surface area contributed by atoms with Crippen molar-refractivity contribution in [3.8, 4) is 0 Å². The fourth-order valence-electron chi connectivity index (χ4n) is 7.97. The predicted octanol–water partition coefficient (Wildman–Crippen LogP) is -1.05. The minimum atomic E-state index is -1.15. The number of hydrogen-bond donors (Lipinski definition) is 10. The average Bonchev–Trinajstić information content (AvgIpc) is 3.66. The van der Waals surface area contributed by atoms with Crippen molar-refractivity contribution < 1.29 is 33.6 Å². The van der Waals surface area contributed by atoms with Crippen LogP contribution in [0.3, 0.4) is 0 Å². The first-order valence-corrected chi connectivity index (χ1v) is 22.5. The number of carbonyl (C=O) groups excluding carboxylic acids is 7. The second kappa shape index (κ2) is 24.4. The molecule has 0 bridgehead atoms. The maximum atomic E-state index is 14.2. The Morgan fingerprint density at radius 3 is 1.90 bits per heavy atom. The first kappa shape index (κ1) is 49.3. The van der Waals surface area contributed by atoms with E-state index in [1.165, 1.54) is 23.6 Å². The third kappa shape index (κ3) is 15.5. The van der Waals surface area contributed by atoms with Gasteiger partial charge in [-0.2, -0.15) is 0 Å². The van der Waals surface area contributed by atoms with Crippen LogP contribution in [0.1, 0.15) is 89.5 Å². The van der Waals surface area contributed by atoms with Gasteiger partial charge in [-0.15, -0.1) is 11.8 Å². The molecule has 0 spiro atoms. The second-order valence-corrected chi connectivity index (χ2v) is 17.6. The van der Waals surface area contributed by atoms with Crippen LogP contribution in [0.25, 0.3) is 0 Å². The molecule has 7 atom stereocenters. The van der Waals surface area contributed by atoms with Gasteiger partial charge in [-0.25, -0.2) is 0 Å². The lowest BCUT2D eigenvalue weighted by Gasteiger charge is -2.38. The number of piperidine rings is 1. The van der Waals surface area contributed by atoms with Gasteiger partial charge in [-0.05, 0) is 68.6 Å². The molecule has 62 heavy (non-hydrogen) atoms. The largest absolute Gasteiger partial charge is 0.370 e. The molecule has 2 heterocycles. The van der Waals surface area contributed by atoms with Crippen LogP contribution in [-0.2, 0) is 40.0 Å². The summed E-state index contributed by atoms with van der Waals surface area (Å²) >= 11 is 7.43. The monoisotopic (exact) mass is 903 g/mol. The molecule has 0 aromatic heterocycles. The summed E-state index contributed by atoms with van der Waals surface area (Å²) in [6.07, 6.45) is 7.02.